The Hall–Kier alpha value is -3.07. The summed E-state index contributed by atoms with van der Waals surface area (Å²) in [5.41, 5.74) is 4.75. The van der Waals surface area contributed by atoms with E-state index in [1.165, 1.54) is 16.7 Å². The molecular formula is C23H23NO2. The Morgan fingerprint density at radius 2 is 1.46 bits per heavy atom. The largest absolute Gasteiger partial charge is 0.484 e. The van der Waals surface area contributed by atoms with Crippen molar-refractivity contribution < 1.29 is 9.53 Å². The summed E-state index contributed by atoms with van der Waals surface area (Å²) in [5.74, 6) is 0.586. The molecule has 0 aliphatic carbocycles. The molecule has 0 atom stereocenters. The monoisotopic (exact) mass is 345 g/mol. The van der Waals surface area contributed by atoms with E-state index in [1.807, 2.05) is 42.5 Å². The lowest BCUT2D eigenvalue weighted by molar-refractivity contribution is -0.123. The van der Waals surface area contributed by atoms with Gasteiger partial charge in [0, 0.05) is 6.54 Å². The molecule has 1 N–H and O–H groups in total. The van der Waals surface area contributed by atoms with Crippen molar-refractivity contribution in [1.82, 2.24) is 5.32 Å². The molecule has 3 aromatic rings. The molecule has 0 unspecified atom stereocenters. The number of amides is 1. The van der Waals surface area contributed by atoms with Gasteiger partial charge in [0.25, 0.3) is 5.91 Å². The molecule has 0 saturated carbocycles. The van der Waals surface area contributed by atoms with Gasteiger partial charge in [-0.25, -0.2) is 0 Å². The molecule has 0 heterocycles. The summed E-state index contributed by atoms with van der Waals surface area (Å²) in [7, 11) is 0. The summed E-state index contributed by atoms with van der Waals surface area (Å²) in [6, 6.07) is 26.3. The third-order valence-electron chi connectivity index (χ3n) is 4.19. The van der Waals surface area contributed by atoms with Gasteiger partial charge in [0.2, 0.25) is 0 Å². The van der Waals surface area contributed by atoms with Crippen molar-refractivity contribution in [3.8, 4) is 16.9 Å². The minimum Gasteiger partial charge on any atom is -0.484 e. The quantitative estimate of drug-likeness (QED) is 0.689. The third kappa shape index (κ3) is 5.21. The summed E-state index contributed by atoms with van der Waals surface area (Å²) in [6.07, 6.45) is 0.817. The Balaban J connectivity index is 1.44. The normalized spacial score (nSPS) is 10.3. The first-order valence-corrected chi connectivity index (χ1v) is 8.81. The summed E-state index contributed by atoms with van der Waals surface area (Å²) in [5, 5.41) is 2.88. The van der Waals surface area contributed by atoms with E-state index >= 15 is 0 Å². The van der Waals surface area contributed by atoms with Crippen LogP contribution in [0.5, 0.6) is 5.75 Å². The molecule has 0 radical (unpaired) electrons. The average molecular weight is 345 g/mol. The molecule has 3 heteroatoms. The van der Waals surface area contributed by atoms with Gasteiger partial charge in [0.05, 0.1) is 0 Å². The number of carbonyl (C=O) groups is 1. The average Bonchev–Trinajstić information content (AvgIpc) is 2.68. The Bertz CT molecular complexity index is 824. The molecular weight excluding hydrogens is 322 g/mol. The van der Waals surface area contributed by atoms with E-state index in [0.717, 1.165) is 12.0 Å². The predicted octanol–water partition coefficient (Wildman–Crippen LogP) is 4.40. The second kappa shape index (κ2) is 8.86. The number of hydrogen-bond acceptors (Lipinski definition) is 2. The van der Waals surface area contributed by atoms with Gasteiger partial charge in [-0.2, -0.15) is 0 Å². The second-order valence-corrected chi connectivity index (χ2v) is 6.26. The van der Waals surface area contributed by atoms with Crippen molar-refractivity contribution in [2.75, 3.05) is 13.2 Å². The van der Waals surface area contributed by atoms with Crippen molar-refractivity contribution in [2.24, 2.45) is 0 Å². The molecule has 3 rings (SSSR count). The van der Waals surface area contributed by atoms with Crippen LogP contribution in [0.25, 0.3) is 11.1 Å². The van der Waals surface area contributed by atoms with E-state index in [4.69, 9.17) is 4.74 Å². The van der Waals surface area contributed by atoms with Gasteiger partial charge in [-0.1, -0.05) is 72.3 Å². The minimum atomic E-state index is -0.108. The lowest BCUT2D eigenvalue weighted by Gasteiger charge is -2.09. The van der Waals surface area contributed by atoms with E-state index in [-0.39, 0.29) is 12.5 Å². The highest BCUT2D eigenvalue weighted by Crippen LogP contribution is 2.22. The topological polar surface area (TPSA) is 38.3 Å². The first kappa shape index (κ1) is 17.7. The van der Waals surface area contributed by atoms with Crippen LogP contribution in [-0.2, 0) is 11.2 Å². The van der Waals surface area contributed by atoms with Crippen LogP contribution in [-0.4, -0.2) is 19.1 Å². The predicted molar refractivity (Wildman–Crippen MR) is 105 cm³/mol. The summed E-state index contributed by atoms with van der Waals surface area (Å²) in [6.45, 7) is 2.71. The van der Waals surface area contributed by atoms with Gasteiger partial charge >= 0.3 is 0 Å². The van der Waals surface area contributed by atoms with Crippen molar-refractivity contribution >= 4 is 5.91 Å². The fourth-order valence-electron chi connectivity index (χ4n) is 2.68. The van der Waals surface area contributed by atoms with E-state index in [0.29, 0.717) is 12.3 Å². The highest BCUT2D eigenvalue weighted by atomic mass is 16.5. The van der Waals surface area contributed by atoms with Crippen molar-refractivity contribution in [3.63, 3.8) is 0 Å². The standard InChI is InChI=1S/C23H23NO2/c1-18-7-9-20(10-8-18)21-11-13-22(14-12-21)26-17-23(25)24-16-15-19-5-3-2-4-6-19/h2-14H,15-17H2,1H3,(H,24,25). The van der Waals surface area contributed by atoms with E-state index in [1.54, 1.807) is 0 Å². The van der Waals surface area contributed by atoms with Crippen LogP contribution >= 0.6 is 0 Å². The Morgan fingerprint density at radius 1 is 0.846 bits per heavy atom. The van der Waals surface area contributed by atoms with Gasteiger partial charge in [-0.3, -0.25) is 4.79 Å². The van der Waals surface area contributed by atoms with Gasteiger partial charge in [-0.05, 0) is 42.2 Å². The lowest BCUT2D eigenvalue weighted by atomic mass is 10.0. The SMILES string of the molecule is Cc1ccc(-c2ccc(OCC(=O)NCCc3ccccc3)cc2)cc1. The van der Waals surface area contributed by atoms with Crippen LogP contribution in [0.4, 0.5) is 0 Å². The zero-order chi connectivity index (χ0) is 18.2. The van der Waals surface area contributed by atoms with E-state index in [9.17, 15) is 4.79 Å². The second-order valence-electron chi connectivity index (χ2n) is 6.26. The van der Waals surface area contributed by atoms with Crippen LogP contribution in [0.2, 0.25) is 0 Å². The molecule has 26 heavy (non-hydrogen) atoms. The number of nitrogens with one attached hydrogen (secondary N) is 1. The minimum absolute atomic E-state index is 0.0265. The number of benzene rings is 3. The van der Waals surface area contributed by atoms with Crippen molar-refractivity contribution in [2.45, 2.75) is 13.3 Å². The van der Waals surface area contributed by atoms with Crippen LogP contribution in [0.15, 0.2) is 78.9 Å². The lowest BCUT2D eigenvalue weighted by Crippen LogP contribution is -2.30. The first-order valence-electron chi connectivity index (χ1n) is 8.81. The molecule has 0 aromatic heterocycles. The van der Waals surface area contributed by atoms with Crippen LogP contribution < -0.4 is 10.1 Å². The van der Waals surface area contributed by atoms with Crippen LogP contribution in [0.3, 0.4) is 0 Å². The maximum atomic E-state index is 11.9. The van der Waals surface area contributed by atoms with Gasteiger partial charge in [0.1, 0.15) is 5.75 Å². The zero-order valence-electron chi connectivity index (χ0n) is 14.9. The number of hydrogen-bond donors (Lipinski definition) is 1. The van der Waals surface area contributed by atoms with Gasteiger partial charge < -0.3 is 10.1 Å². The molecule has 3 nitrogen and oxygen atoms in total. The number of carbonyl (C=O) groups excluding carboxylic acids is 1. The highest BCUT2D eigenvalue weighted by molar-refractivity contribution is 5.77. The Kier molecular flexibility index (Phi) is 6.05. The molecule has 3 aromatic carbocycles. The fourth-order valence-corrected chi connectivity index (χ4v) is 2.68. The van der Waals surface area contributed by atoms with Crippen molar-refractivity contribution in [3.05, 3.63) is 90.0 Å². The fraction of sp³-hybridized carbons (Fsp3) is 0.174. The molecule has 1 amide bonds. The zero-order valence-corrected chi connectivity index (χ0v) is 14.9. The number of ether oxygens (including phenoxy) is 1. The van der Waals surface area contributed by atoms with Gasteiger partial charge in [-0.15, -0.1) is 0 Å². The molecule has 0 aliphatic rings. The molecule has 0 saturated heterocycles. The molecule has 0 spiro atoms. The molecule has 132 valence electrons. The summed E-state index contributed by atoms with van der Waals surface area (Å²) < 4.78 is 5.57. The molecule has 0 fully saturated rings. The maximum absolute atomic E-state index is 11.9. The maximum Gasteiger partial charge on any atom is 0.257 e. The third-order valence-corrected chi connectivity index (χ3v) is 4.19. The van der Waals surface area contributed by atoms with Crippen molar-refractivity contribution in [1.29, 1.82) is 0 Å². The van der Waals surface area contributed by atoms with Crippen LogP contribution in [0.1, 0.15) is 11.1 Å². The van der Waals surface area contributed by atoms with E-state index < -0.39 is 0 Å². The molecule has 0 aliphatic heterocycles. The highest BCUT2D eigenvalue weighted by Gasteiger charge is 2.03. The summed E-state index contributed by atoms with van der Waals surface area (Å²) >= 11 is 0. The number of rotatable bonds is 7. The van der Waals surface area contributed by atoms with Gasteiger partial charge in [0.15, 0.2) is 6.61 Å². The first-order chi connectivity index (χ1) is 12.7. The number of aryl methyl sites for hydroxylation is 1. The summed E-state index contributed by atoms with van der Waals surface area (Å²) in [4.78, 5) is 11.9. The smallest absolute Gasteiger partial charge is 0.257 e. The Morgan fingerprint density at radius 3 is 2.12 bits per heavy atom. The van der Waals surface area contributed by atoms with E-state index in [2.05, 4.69) is 48.6 Å². The Labute approximate surface area is 154 Å². The van der Waals surface area contributed by atoms with Crippen LogP contribution in [0, 0.1) is 6.92 Å². The molecule has 0 bridgehead atoms.